The third-order valence-corrected chi connectivity index (χ3v) is 6.89. The van der Waals surface area contributed by atoms with Crippen LogP contribution in [0.4, 0.5) is 0 Å². The Morgan fingerprint density at radius 3 is 2.83 bits per heavy atom. The van der Waals surface area contributed by atoms with Crippen LogP contribution in [0.5, 0.6) is 5.75 Å². The molecule has 0 aliphatic heterocycles. The van der Waals surface area contributed by atoms with Crippen LogP contribution in [0.15, 0.2) is 18.2 Å². The Kier molecular flexibility index (Phi) is 7.96. The normalized spacial score (nSPS) is 26.5. The Hall–Kier alpha value is -1.59. The number of ether oxygens (including phenoxy) is 2. The second-order valence-corrected chi connectivity index (χ2v) is 8.78. The molecule has 0 heterocycles. The molecule has 29 heavy (non-hydrogen) atoms. The minimum atomic E-state index is -0.384. The molecule has 0 saturated heterocycles. The number of esters is 1. The number of aliphatic hydroxyl groups is 2. The standard InChI is InChI=1S/C24H36O5/c1-3-4-5-8-18(25)10-11-19-20-12-16-7-6-9-23(29-15-24(27)28-2)21(16)13-17(20)14-22(19)26/h6-7,9,17-20,22,25-26H,3-5,8,10-15H2,1-2H3/t17?,18-,19-,20?,22-/m1/s1. The molecule has 1 fully saturated rings. The van der Waals surface area contributed by atoms with Crippen molar-refractivity contribution in [2.45, 2.75) is 76.9 Å². The van der Waals surface area contributed by atoms with Gasteiger partial charge in [-0.3, -0.25) is 0 Å². The minimum absolute atomic E-state index is 0.0811. The molecule has 0 spiro atoms. The highest BCUT2D eigenvalue weighted by Gasteiger charge is 2.44. The summed E-state index contributed by atoms with van der Waals surface area (Å²) < 4.78 is 10.4. The Morgan fingerprint density at radius 2 is 2.07 bits per heavy atom. The molecule has 162 valence electrons. The molecule has 2 aliphatic rings. The van der Waals surface area contributed by atoms with Crippen LogP contribution in [-0.2, 0) is 22.4 Å². The zero-order chi connectivity index (χ0) is 20.8. The van der Waals surface area contributed by atoms with Crippen molar-refractivity contribution in [1.29, 1.82) is 0 Å². The van der Waals surface area contributed by atoms with Gasteiger partial charge in [0, 0.05) is 0 Å². The molecule has 5 heteroatoms. The maximum absolute atomic E-state index is 11.4. The van der Waals surface area contributed by atoms with Crippen LogP contribution < -0.4 is 4.74 Å². The summed E-state index contributed by atoms with van der Waals surface area (Å²) in [5.41, 5.74) is 2.43. The Balaban J connectivity index is 1.62. The first kappa shape index (κ1) is 22.1. The fraction of sp³-hybridized carbons (Fsp3) is 0.708. The van der Waals surface area contributed by atoms with Crippen LogP contribution in [0.1, 0.15) is 63.0 Å². The molecule has 3 rings (SSSR count). The number of aliphatic hydroxyl groups excluding tert-OH is 2. The van der Waals surface area contributed by atoms with Crippen LogP contribution in [-0.4, -0.2) is 42.1 Å². The van der Waals surface area contributed by atoms with Crippen molar-refractivity contribution in [2.24, 2.45) is 17.8 Å². The highest BCUT2D eigenvalue weighted by atomic mass is 16.6. The van der Waals surface area contributed by atoms with E-state index in [0.29, 0.717) is 11.8 Å². The van der Waals surface area contributed by atoms with Crippen molar-refractivity contribution in [1.82, 2.24) is 0 Å². The largest absolute Gasteiger partial charge is 0.482 e. The van der Waals surface area contributed by atoms with Gasteiger partial charge in [-0.05, 0) is 73.5 Å². The van der Waals surface area contributed by atoms with Crippen molar-refractivity contribution >= 4 is 5.97 Å². The van der Waals surface area contributed by atoms with E-state index >= 15 is 0 Å². The number of rotatable bonds is 10. The monoisotopic (exact) mass is 404 g/mol. The summed E-state index contributed by atoms with van der Waals surface area (Å²) in [5.74, 6) is 1.52. The lowest BCUT2D eigenvalue weighted by Gasteiger charge is -2.32. The third kappa shape index (κ3) is 5.52. The molecule has 2 aliphatic carbocycles. The minimum Gasteiger partial charge on any atom is -0.482 e. The number of carbonyl (C=O) groups is 1. The van der Waals surface area contributed by atoms with Gasteiger partial charge < -0.3 is 19.7 Å². The molecule has 1 aromatic carbocycles. The van der Waals surface area contributed by atoms with Crippen molar-refractivity contribution < 1.29 is 24.5 Å². The molecule has 0 amide bonds. The Labute approximate surface area is 174 Å². The number of carbonyl (C=O) groups excluding carboxylic acids is 1. The van der Waals surface area contributed by atoms with Gasteiger partial charge in [-0.1, -0.05) is 38.3 Å². The SMILES string of the molecule is CCCCC[C@@H](O)CC[C@@H]1C2Cc3cccc(OCC(=O)OC)c3CC2C[C@H]1O. The van der Waals surface area contributed by atoms with E-state index in [0.717, 1.165) is 50.7 Å². The zero-order valence-electron chi connectivity index (χ0n) is 17.8. The fourth-order valence-corrected chi connectivity index (χ4v) is 5.29. The van der Waals surface area contributed by atoms with Crippen molar-refractivity contribution in [3.8, 4) is 5.75 Å². The zero-order valence-corrected chi connectivity index (χ0v) is 17.8. The maximum Gasteiger partial charge on any atom is 0.343 e. The highest BCUT2D eigenvalue weighted by Crippen LogP contribution is 2.48. The van der Waals surface area contributed by atoms with Crippen molar-refractivity contribution in [3.05, 3.63) is 29.3 Å². The smallest absolute Gasteiger partial charge is 0.343 e. The van der Waals surface area contributed by atoms with Crippen molar-refractivity contribution in [3.63, 3.8) is 0 Å². The van der Waals surface area contributed by atoms with E-state index in [4.69, 9.17) is 4.74 Å². The van der Waals surface area contributed by atoms with Gasteiger partial charge in [0.15, 0.2) is 6.61 Å². The van der Waals surface area contributed by atoms with Gasteiger partial charge in [0.2, 0.25) is 0 Å². The Morgan fingerprint density at radius 1 is 1.24 bits per heavy atom. The van der Waals surface area contributed by atoms with Gasteiger partial charge in [0.05, 0.1) is 19.3 Å². The molecule has 0 aromatic heterocycles. The van der Waals surface area contributed by atoms with Crippen molar-refractivity contribution in [2.75, 3.05) is 13.7 Å². The number of fused-ring (bicyclic) bond motifs is 2. The summed E-state index contributed by atoms with van der Waals surface area (Å²) >= 11 is 0. The van der Waals surface area contributed by atoms with Crippen LogP contribution in [0.25, 0.3) is 0 Å². The average molecular weight is 405 g/mol. The Bertz CT molecular complexity index is 673. The van der Waals surface area contributed by atoms with E-state index < -0.39 is 0 Å². The van der Waals surface area contributed by atoms with Gasteiger partial charge >= 0.3 is 5.97 Å². The number of unbranched alkanes of at least 4 members (excludes halogenated alkanes) is 2. The molecular formula is C24H36O5. The number of methoxy groups -OCH3 is 1. The van der Waals surface area contributed by atoms with E-state index in [-0.39, 0.29) is 30.7 Å². The number of hydrogen-bond donors (Lipinski definition) is 2. The molecule has 1 saturated carbocycles. The predicted molar refractivity (Wildman–Crippen MR) is 112 cm³/mol. The summed E-state index contributed by atoms with van der Waals surface area (Å²) in [7, 11) is 1.36. The molecule has 2 unspecified atom stereocenters. The quantitative estimate of drug-likeness (QED) is 0.460. The fourth-order valence-electron chi connectivity index (χ4n) is 5.29. The molecule has 0 radical (unpaired) electrons. The summed E-state index contributed by atoms with van der Waals surface area (Å²) in [4.78, 5) is 11.4. The lowest BCUT2D eigenvalue weighted by atomic mass is 9.73. The number of hydrogen-bond acceptors (Lipinski definition) is 5. The summed E-state index contributed by atoms with van der Waals surface area (Å²) in [6.07, 6.45) is 8.05. The third-order valence-electron chi connectivity index (χ3n) is 6.89. The van der Waals surface area contributed by atoms with Crippen LogP contribution in [0.2, 0.25) is 0 Å². The summed E-state index contributed by atoms with van der Waals surface area (Å²) in [5, 5.41) is 21.0. The lowest BCUT2D eigenvalue weighted by Crippen LogP contribution is -2.28. The van der Waals surface area contributed by atoms with E-state index in [1.807, 2.05) is 12.1 Å². The first-order chi connectivity index (χ1) is 14.0. The molecule has 5 nitrogen and oxygen atoms in total. The second-order valence-electron chi connectivity index (χ2n) is 8.78. The molecule has 0 bridgehead atoms. The first-order valence-corrected chi connectivity index (χ1v) is 11.2. The van der Waals surface area contributed by atoms with Gasteiger partial charge in [0.25, 0.3) is 0 Å². The topological polar surface area (TPSA) is 76.0 Å². The van der Waals surface area contributed by atoms with E-state index in [1.165, 1.54) is 31.1 Å². The highest BCUT2D eigenvalue weighted by molar-refractivity contribution is 5.71. The maximum atomic E-state index is 11.4. The molecule has 5 atom stereocenters. The van der Waals surface area contributed by atoms with Gasteiger partial charge in [-0.2, -0.15) is 0 Å². The van der Waals surface area contributed by atoms with Gasteiger partial charge in [0.1, 0.15) is 5.75 Å². The first-order valence-electron chi connectivity index (χ1n) is 11.2. The van der Waals surface area contributed by atoms with Crippen LogP contribution >= 0.6 is 0 Å². The number of benzene rings is 1. The molecule has 2 N–H and O–H groups in total. The average Bonchev–Trinajstić information content (AvgIpc) is 3.02. The second kappa shape index (κ2) is 10.4. The molecular weight excluding hydrogens is 368 g/mol. The molecule has 1 aromatic rings. The van der Waals surface area contributed by atoms with Gasteiger partial charge in [-0.15, -0.1) is 0 Å². The predicted octanol–water partition coefficient (Wildman–Crippen LogP) is 3.67. The van der Waals surface area contributed by atoms with Gasteiger partial charge in [-0.25, -0.2) is 4.79 Å². The summed E-state index contributed by atoms with van der Waals surface area (Å²) in [6.45, 7) is 2.09. The van der Waals surface area contributed by atoms with E-state index in [1.54, 1.807) is 0 Å². The van der Waals surface area contributed by atoms with Crippen LogP contribution in [0, 0.1) is 17.8 Å². The van der Waals surface area contributed by atoms with Crippen LogP contribution in [0.3, 0.4) is 0 Å². The van der Waals surface area contributed by atoms with E-state index in [2.05, 4.69) is 17.7 Å². The summed E-state index contributed by atoms with van der Waals surface area (Å²) in [6, 6.07) is 6.03. The van der Waals surface area contributed by atoms with E-state index in [9.17, 15) is 15.0 Å². The lowest BCUT2D eigenvalue weighted by molar-refractivity contribution is -0.142.